The van der Waals surface area contributed by atoms with Crippen molar-refractivity contribution >= 4 is 147 Å². The molecule has 0 radical (unpaired) electrons. The molecule has 0 fully saturated rings. The molecule has 47 heavy (non-hydrogen) atoms. The molecule has 258 valence electrons. The average molecular weight is 1410 g/mol. The van der Waals surface area contributed by atoms with Gasteiger partial charge in [-0.25, -0.2) is 24.2 Å². The monoisotopic (exact) mass is 1410 g/mol. The Balaban J connectivity index is 0.000000728. The van der Waals surface area contributed by atoms with Crippen LogP contribution < -0.4 is 40.8 Å². The maximum absolute atomic E-state index is 11.6. The summed E-state index contributed by atoms with van der Waals surface area (Å²) in [5.41, 5.74) is 1.21. The second-order valence-corrected chi connectivity index (χ2v) is 26.7. The summed E-state index contributed by atoms with van der Waals surface area (Å²) in [6, 6.07) is 14.2. The topological polar surface area (TPSA) is 165 Å². The fourth-order valence-electron chi connectivity index (χ4n) is 3.39. The molecule has 0 atom stereocenters. The number of rotatable bonds is 3. The summed E-state index contributed by atoms with van der Waals surface area (Å²) < 4.78 is 15.9. The Hall–Kier alpha value is -0.110. The summed E-state index contributed by atoms with van der Waals surface area (Å²) in [4.78, 5) is 48.4. The fraction of sp³-hybridized carbons (Fsp3) is 0.179. The number of hydrogen-bond donors (Lipinski definition) is 3. The molecular weight excluding hydrogens is 1380 g/mol. The van der Waals surface area contributed by atoms with Gasteiger partial charge in [-0.1, -0.05) is 33.3 Å². The molecule has 3 N–H and O–H groups in total. The Kier molecular flexibility index (Phi) is 25.7. The van der Waals surface area contributed by atoms with Gasteiger partial charge in [0, 0.05) is 66.4 Å². The van der Waals surface area contributed by atoms with Crippen molar-refractivity contribution < 1.29 is 36.4 Å². The number of urea groups is 1. The molecule has 4 aromatic heterocycles. The normalized spacial score (nSPS) is 9.47. The quantitative estimate of drug-likeness (QED) is 0.163. The van der Waals surface area contributed by atoms with Gasteiger partial charge in [-0.3, -0.25) is 5.32 Å². The van der Waals surface area contributed by atoms with Gasteiger partial charge in [0.1, 0.15) is 23.0 Å². The van der Waals surface area contributed by atoms with Gasteiger partial charge >= 0.3 is 73.4 Å². The summed E-state index contributed by atoms with van der Waals surface area (Å²) in [6.07, 6.45) is 0. The van der Waals surface area contributed by atoms with Crippen molar-refractivity contribution in [3.63, 3.8) is 0 Å². The van der Waals surface area contributed by atoms with E-state index in [0.717, 1.165) is 31.9 Å². The van der Waals surface area contributed by atoms with E-state index >= 15 is 0 Å². The third-order valence-electron chi connectivity index (χ3n) is 4.91. The molecule has 0 aliphatic carbocycles. The first-order chi connectivity index (χ1) is 21.8. The number of amides is 2. The van der Waals surface area contributed by atoms with Crippen LogP contribution in [0.15, 0.2) is 86.7 Å². The number of aromatic nitrogens is 1. The Morgan fingerprint density at radius 2 is 1.40 bits per heavy atom. The second kappa shape index (κ2) is 25.8. The van der Waals surface area contributed by atoms with Crippen molar-refractivity contribution in [2.45, 2.75) is 27.7 Å². The number of thiazole rings is 1. The molecule has 0 aliphatic heterocycles. The molecule has 5 aromatic rings. The van der Waals surface area contributed by atoms with E-state index in [-0.39, 0.29) is 47.0 Å². The van der Waals surface area contributed by atoms with Gasteiger partial charge in [0.15, 0.2) is 5.13 Å². The zero-order valence-corrected chi connectivity index (χ0v) is 40.3. The molecule has 1 aromatic carbocycles. The number of anilines is 1. The van der Waals surface area contributed by atoms with Gasteiger partial charge in [0.05, 0.1) is 16.3 Å². The molecule has 0 saturated heterocycles. The van der Waals surface area contributed by atoms with Crippen LogP contribution in [0.2, 0.25) is 0 Å². The van der Waals surface area contributed by atoms with E-state index in [0.29, 0.717) is 42.2 Å². The number of halogens is 7. The fourth-order valence-corrected chi connectivity index (χ4v) is 4.74. The van der Waals surface area contributed by atoms with Gasteiger partial charge in [-0.15, -0.1) is 24.0 Å². The molecular formula is C28H27BrI6N3O8S-. The van der Waals surface area contributed by atoms with Crippen molar-refractivity contribution in [2.75, 3.05) is 11.9 Å². The van der Waals surface area contributed by atoms with E-state index in [1.54, 1.807) is 26.8 Å². The molecule has 0 unspecified atom stereocenters. The van der Waals surface area contributed by atoms with E-state index in [4.69, 9.17) is 9.52 Å². The van der Waals surface area contributed by atoms with Gasteiger partial charge in [0.2, 0.25) is 0 Å². The summed E-state index contributed by atoms with van der Waals surface area (Å²) in [5, 5.41) is 14.6. The van der Waals surface area contributed by atoms with Crippen LogP contribution in [0, 0.1) is 20.8 Å². The zero-order valence-electron chi connectivity index (χ0n) is 24.7. The zero-order chi connectivity index (χ0) is 34.8. The SMILES string of the molecule is CCNC(=O)Nc1nc2cc(-c3cc(C)oc(=O)c3)ccc2s1.Cc1cc(Br)cc(=O)o1.Cc1cc(O)cc(=O)o1.I.II.I[I-]I. The van der Waals surface area contributed by atoms with Crippen molar-refractivity contribution in [1.29, 1.82) is 0 Å². The molecule has 4 heterocycles. The second-order valence-electron chi connectivity index (χ2n) is 8.47. The summed E-state index contributed by atoms with van der Waals surface area (Å²) in [5.74, 6) is 1.54. The van der Waals surface area contributed by atoms with Gasteiger partial charge in [0.25, 0.3) is 0 Å². The van der Waals surface area contributed by atoms with E-state index < -0.39 is 5.63 Å². The van der Waals surface area contributed by atoms with Gasteiger partial charge in [-0.05, 0) is 63.1 Å². The van der Waals surface area contributed by atoms with Crippen molar-refractivity contribution in [2.24, 2.45) is 0 Å². The van der Waals surface area contributed by atoms with E-state index in [1.165, 1.54) is 29.5 Å². The van der Waals surface area contributed by atoms with Crippen molar-refractivity contribution in [3.8, 4) is 16.9 Å². The number of aryl methyl sites for hydroxylation is 3. The van der Waals surface area contributed by atoms with Crippen LogP contribution in [0.25, 0.3) is 21.3 Å². The van der Waals surface area contributed by atoms with Crippen molar-refractivity contribution in [3.05, 3.63) is 108 Å². The average Bonchev–Trinajstić information content (AvgIpc) is 3.35. The first-order valence-electron chi connectivity index (χ1n) is 12.5. The summed E-state index contributed by atoms with van der Waals surface area (Å²) in [7, 11) is 0. The summed E-state index contributed by atoms with van der Waals surface area (Å²) in [6.45, 7) is 7.47. The molecule has 19 heteroatoms. The molecule has 0 spiro atoms. The van der Waals surface area contributed by atoms with Crippen molar-refractivity contribution in [1.82, 2.24) is 10.3 Å². The number of fused-ring (bicyclic) bond motifs is 1. The molecule has 11 nitrogen and oxygen atoms in total. The van der Waals surface area contributed by atoms with Crippen LogP contribution in [-0.2, 0) is 0 Å². The number of aromatic hydroxyl groups is 1. The first kappa shape index (κ1) is 46.9. The van der Waals surface area contributed by atoms with Crippen LogP contribution in [0.4, 0.5) is 9.93 Å². The van der Waals surface area contributed by atoms with Gasteiger partial charge < -0.3 is 23.7 Å². The third-order valence-corrected chi connectivity index (χ3v) is 6.32. The Bertz CT molecular complexity index is 1780. The first-order valence-corrected chi connectivity index (χ1v) is 33.0. The predicted octanol–water partition coefficient (Wildman–Crippen LogP) is 6.90. The predicted molar refractivity (Wildman–Crippen MR) is 231 cm³/mol. The third kappa shape index (κ3) is 19.2. The van der Waals surface area contributed by atoms with Crippen LogP contribution in [0.5, 0.6) is 5.75 Å². The molecule has 5 rings (SSSR count). The van der Waals surface area contributed by atoms with E-state index in [1.807, 2.05) is 31.2 Å². The molecule has 0 bridgehead atoms. The number of carbonyl (C=O) groups excluding carboxylic acids is 1. The van der Waals surface area contributed by atoms with Gasteiger partial charge in [-0.2, -0.15) is 0 Å². The Morgan fingerprint density at radius 3 is 1.89 bits per heavy atom. The molecule has 2 amide bonds. The number of nitrogens with one attached hydrogen (secondary N) is 2. The van der Waals surface area contributed by atoms with Crippen LogP contribution in [0.1, 0.15) is 24.2 Å². The van der Waals surface area contributed by atoms with E-state index in [2.05, 4.69) is 115 Å². The van der Waals surface area contributed by atoms with Crippen LogP contribution >= 0.6 is 126 Å². The number of benzene rings is 1. The Morgan fingerprint density at radius 1 is 0.872 bits per heavy atom. The minimum absolute atomic E-state index is 0. The number of hydrogen-bond acceptors (Lipinski definition) is 10. The molecule has 0 saturated carbocycles. The van der Waals surface area contributed by atoms with Crippen LogP contribution in [0.3, 0.4) is 0 Å². The van der Waals surface area contributed by atoms with Crippen LogP contribution in [-0.4, -0.2) is 22.7 Å². The minimum atomic E-state index is -0.521. The standard InChI is InChI=1S/C16H15N3O3S.C6H5BrO2.C6H6O3.I3.I2.HI/c1-3-17-15(21)19-16-18-12-7-10(4-5-13(12)23-16)11-6-9(2)22-14(20)8-11;2*1-4-2-5(7)3-6(8)9-4;1-3-2;1-2;/h4-8H,3H2,1-2H3,(H2,17,18,19,21);2-3H,1H3;2-3,7H,1H3;;;1H/q;;;-1;;. The number of carbonyl (C=O) groups is 1. The Labute approximate surface area is 352 Å². The molecule has 0 aliphatic rings. The summed E-state index contributed by atoms with van der Waals surface area (Å²) >= 11 is 14.1. The maximum atomic E-state index is 11.6. The van der Waals surface area contributed by atoms with E-state index in [9.17, 15) is 19.2 Å². The number of nitrogens with zero attached hydrogens (tertiary/aromatic N) is 1.